The summed E-state index contributed by atoms with van der Waals surface area (Å²) in [6, 6.07) is 9.35. The third-order valence-corrected chi connectivity index (χ3v) is 2.35. The lowest BCUT2D eigenvalue weighted by Crippen LogP contribution is -2.21. The van der Waals surface area contributed by atoms with E-state index in [-0.39, 0.29) is 19.3 Å². The van der Waals surface area contributed by atoms with Gasteiger partial charge < -0.3 is 14.6 Å². The van der Waals surface area contributed by atoms with Crippen LogP contribution in [0.5, 0.6) is 5.75 Å². The fourth-order valence-corrected chi connectivity index (χ4v) is 1.45. The van der Waals surface area contributed by atoms with E-state index >= 15 is 0 Å². The molecular weight excluding hydrogens is 232 g/mol. The average molecular weight is 250 g/mol. The number of carbonyl (C=O) groups excluding carboxylic acids is 1. The Morgan fingerprint density at radius 2 is 2.06 bits per heavy atom. The summed E-state index contributed by atoms with van der Waals surface area (Å²) >= 11 is 0. The van der Waals surface area contributed by atoms with Crippen molar-refractivity contribution in [3.05, 3.63) is 43.0 Å². The molecule has 0 amide bonds. The summed E-state index contributed by atoms with van der Waals surface area (Å²) in [6.45, 7) is 3.60. The van der Waals surface area contributed by atoms with Gasteiger partial charge >= 0.3 is 5.97 Å². The smallest absolute Gasteiger partial charge is 0.330 e. The Morgan fingerprint density at radius 3 is 2.67 bits per heavy atom. The molecule has 1 aromatic rings. The molecule has 0 heterocycles. The van der Waals surface area contributed by atoms with Crippen molar-refractivity contribution in [2.45, 2.75) is 18.9 Å². The first-order valence-electron chi connectivity index (χ1n) is 5.88. The maximum atomic E-state index is 10.9. The summed E-state index contributed by atoms with van der Waals surface area (Å²) in [7, 11) is 0. The number of aliphatic hydroxyl groups excluding tert-OH is 1. The summed E-state index contributed by atoms with van der Waals surface area (Å²) in [6.07, 6.45) is 1.99. The minimum absolute atomic E-state index is 0.0346. The Balaban J connectivity index is 2.39. The van der Waals surface area contributed by atoms with E-state index in [1.807, 2.05) is 30.3 Å². The van der Waals surface area contributed by atoms with Gasteiger partial charge in [0.05, 0.1) is 6.61 Å². The first kappa shape index (κ1) is 14.3. The molecule has 0 bridgehead atoms. The third kappa shape index (κ3) is 5.50. The zero-order valence-corrected chi connectivity index (χ0v) is 10.2. The topological polar surface area (TPSA) is 55.8 Å². The molecule has 4 heteroatoms. The molecule has 1 unspecified atom stereocenters. The lowest BCUT2D eigenvalue weighted by molar-refractivity contribution is -0.138. The van der Waals surface area contributed by atoms with Crippen molar-refractivity contribution in [3.63, 3.8) is 0 Å². The van der Waals surface area contributed by atoms with E-state index in [1.54, 1.807) is 0 Å². The van der Waals surface area contributed by atoms with Crippen LogP contribution < -0.4 is 4.74 Å². The van der Waals surface area contributed by atoms with Gasteiger partial charge in [0.2, 0.25) is 0 Å². The Kier molecular flexibility index (Phi) is 6.58. The van der Waals surface area contributed by atoms with Crippen LogP contribution in [0.15, 0.2) is 43.0 Å². The largest absolute Gasteiger partial charge is 0.490 e. The summed E-state index contributed by atoms with van der Waals surface area (Å²) in [4.78, 5) is 10.9. The third-order valence-electron chi connectivity index (χ3n) is 2.35. The van der Waals surface area contributed by atoms with Crippen LogP contribution >= 0.6 is 0 Å². The van der Waals surface area contributed by atoms with Crippen LogP contribution in [0.2, 0.25) is 0 Å². The quantitative estimate of drug-likeness (QED) is 0.566. The van der Waals surface area contributed by atoms with Crippen molar-refractivity contribution in [2.75, 3.05) is 13.2 Å². The molecule has 4 nitrogen and oxygen atoms in total. The van der Waals surface area contributed by atoms with Gasteiger partial charge in [0.15, 0.2) is 0 Å². The van der Waals surface area contributed by atoms with Gasteiger partial charge in [0, 0.05) is 25.5 Å². The predicted molar refractivity (Wildman–Crippen MR) is 68.3 cm³/mol. The van der Waals surface area contributed by atoms with Crippen LogP contribution in [0.25, 0.3) is 0 Å². The number of ether oxygens (including phenoxy) is 2. The van der Waals surface area contributed by atoms with E-state index in [1.165, 1.54) is 0 Å². The van der Waals surface area contributed by atoms with Crippen molar-refractivity contribution in [1.29, 1.82) is 0 Å². The van der Waals surface area contributed by atoms with Gasteiger partial charge in [-0.2, -0.15) is 0 Å². The highest BCUT2D eigenvalue weighted by molar-refractivity contribution is 5.81. The maximum absolute atomic E-state index is 10.9. The zero-order chi connectivity index (χ0) is 13.2. The number of esters is 1. The fraction of sp³-hybridized carbons (Fsp3) is 0.357. The maximum Gasteiger partial charge on any atom is 0.330 e. The van der Waals surface area contributed by atoms with Crippen molar-refractivity contribution in [2.24, 2.45) is 0 Å². The number of benzene rings is 1. The molecule has 1 atom stereocenters. The molecule has 0 saturated heterocycles. The van der Waals surface area contributed by atoms with Crippen LogP contribution in [0.1, 0.15) is 12.8 Å². The monoisotopic (exact) mass is 250 g/mol. The molecule has 0 spiro atoms. The van der Waals surface area contributed by atoms with Gasteiger partial charge in [-0.1, -0.05) is 24.8 Å². The van der Waals surface area contributed by atoms with E-state index in [0.29, 0.717) is 12.8 Å². The highest BCUT2D eigenvalue weighted by atomic mass is 16.5. The van der Waals surface area contributed by atoms with Crippen LogP contribution in [-0.2, 0) is 9.53 Å². The Hall–Kier alpha value is -1.81. The molecule has 1 rings (SSSR count). The molecule has 1 aromatic carbocycles. The molecule has 1 N–H and O–H groups in total. The number of para-hydroxylation sites is 1. The van der Waals surface area contributed by atoms with Crippen molar-refractivity contribution < 1.29 is 19.4 Å². The van der Waals surface area contributed by atoms with E-state index < -0.39 is 5.97 Å². The van der Waals surface area contributed by atoms with E-state index in [0.717, 1.165) is 11.8 Å². The van der Waals surface area contributed by atoms with Gasteiger partial charge in [-0.3, -0.25) is 0 Å². The lowest BCUT2D eigenvalue weighted by Gasteiger charge is -2.18. The molecule has 18 heavy (non-hydrogen) atoms. The molecule has 98 valence electrons. The van der Waals surface area contributed by atoms with Gasteiger partial charge in [-0.15, -0.1) is 0 Å². The van der Waals surface area contributed by atoms with Gasteiger partial charge in [0.25, 0.3) is 0 Å². The lowest BCUT2D eigenvalue weighted by atomic mass is 10.2. The highest BCUT2D eigenvalue weighted by Gasteiger charge is 2.11. The van der Waals surface area contributed by atoms with Gasteiger partial charge in [-0.05, 0) is 12.1 Å². The first-order chi connectivity index (χ1) is 8.76. The molecule has 0 fully saturated rings. The summed E-state index contributed by atoms with van der Waals surface area (Å²) in [5, 5.41) is 8.97. The van der Waals surface area contributed by atoms with E-state index in [4.69, 9.17) is 14.6 Å². The standard InChI is InChI=1S/C14H18O4/c1-2-14(16)17-11-9-13(8-10-15)18-12-6-4-3-5-7-12/h2-7,13,15H,1,8-11H2. The second-order valence-electron chi connectivity index (χ2n) is 3.73. The molecule has 0 radical (unpaired) electrons. The zero-order valence-electron chi connectivity index (χ0n) is 10.2. The molecule has 0 aromatic heterocycles. The Morgan fingerprint density at radius 1 is 1.33 bits per heavy atom. The number of aliphatic hydroxyl groups is 1. The van der Waals surface area contributed by atoms with E-state index in [9.17, 15) is 4.79 Å². The average Bonchev–Trinajstić information content (AvgIpc) is 2.40. The number of rotatable bonds is 8. The van der Waals surface area contributed by atoms with Gasteiger partial charge in [-0.25, -0.2) is 4.79 Å². The molecule has 0 aliphatic rings. The molecule has 0 aliphatic heterocycles. The number of hydrogen-bond acceptors (Lipinski definition) is 4. The first-order valence-corrected chi connectivity index (χ1v) is 5.88. The van der Waals surface area contributed by atoms with Gasteiger partial charge in [0.1, 0.15) is 11.9 Å². The summed E-state index contributed by atoms with van der Waals surface area (Å²) in [5.74, 6) is 0.295. The SMILES string of the molecule is C=CC(=O)OCCC(CCO)Oc1ccccc1. The van der Waals surface area contributed by atoms with Crippen LogP contribution in [0.3, 0.4) is 0 Å². The molecule has 0 saturated carbocycles. The van der Waals surface area contributed by atoms with E-state index in [2.05, 4.69) is 6.58 Å². The molecule has 0 aliphatic carbocycles. The van der Waals surface area contributed by atoms with Crippen LogP contribution in [0, 0.1) is 0 Å². The minimum Gasteiger partial charge on any atom is -0.490 e. The van der Waals surface area contributed by atoms with Crippen LogP contribution in [-0.4, -0.2) is 30.4 Å². The van der Waals surface area contributed by atoms with Crippen molar-refractivity contribution in [3.8, 4) is 5.75 Å². The van der Waals surface area contributed by atoms with Crippen molar-refractivity contribution in [1.82, 2.24) is 0 Å². The predicted octanol–water partition coefficient (Wildman–Crippen LogP) is 1.94. The minimum atomic E-state index is -0.447. The second kappa shape index (κ2) is 8.31. The Labute approximate surface area is 107 Å². The fourth-order valence-electron chi connectivity index (χ4n) is 1.45. The van der Waals surface area contributed by atoms with Crippen LogP contribution in [0.4, 0.5) is 0 Å². The summed E-state index contributed by atoms with van der Waals surface area (Å²) < 4.78 is 10.6. The highest BCUT2D eigenvalue weighted by Crippen LogP contribution is 2.14. The van der Waals surface area contributed by atoms with Crippen molar-refractivity contribution >= 4 is 5.97 Å². The number of hydrogen-bond donors (Lipinski definition) is 1. The second-order valence-corrected chi connectivity index (χ2v) is 3.73. The summed E-state index contributed by atoms with van der Waals surface area (Å²) in [5.41, 5.74) is 0. The number of carbonyl (C=O) groups is 1. The normalized spacial score (nSPS) is 11.6. The Bertz CT molecular complexity index is 361. The molecular formula is C14H18O4.